The molecule has 0 radical (unpaired) electrons. The number of nitriles is 1. The second kappa shape index (κ2) is 8.04. The number of hydrogen-bond acceptors (Lipinski definition) is 3. The third-order valence-electron chi connectivity index (χ3n) is 3.14. The fraction of sp³-hybridized carbons (Fsp3) is 0.533. The normalized spacial score (nSPS) is 11.9. The molecule has 4 heteroatoms. The Kier molecular flexibility index (Phi) is 6.69. The molecule has 0 aliphatic heterocycles. The van der Waals surface area contributed by atoms with Gasteiger partial charge in [-0.05, 0) is 37.6 Å². The summed E-state index contributed by atoms with van der Waals surface area (Å²) in [6.07, 6.45) is 1.62. The van der Waals surface area contributed by atoms with E-state index >= 15 is 0 Å². The molecule has 0 spiro atoms. The van der Waals surface area contributed by atoms with Crippen molar-refractivity contribution in [3.05, 3.63) is 28.8 Å². The molecule has 0 bridgehead atoms. The van der Waals surface area contributed by atoms with Gasteiger partial charge in [0.05, 0.1) is 23.2 Å². The maximum absolute atomic E-state index is 8.61. The predicted octanol–water partition coefficient (Wildman–Crippen LogP) is 3.75. The van der Waals surface area contributed by atoms with Crippen molar-refractivity contribution in [3.63, 3.8) is 0 Å². The van der Waals surface area contributed by atoms with Gasteiger partial charge in [-0.25, -0.2) is 0 Å². The lowest BCUT2D eigenvalue weighted by Crippen LogP contribution is -2.20. The van der Waals surface area contributed by atoms with Crippen molar-refractivity contribution in [2.45, 2.75) is 32.7 Å². The molecule has 1 atom stereocenters. The molecule has 1 unspecified atom stereocenters. The fourth-order valence-electron chi connectivity index (χ4n) is 1.92. The van der Waals surface area contributed by atoms with Gasteiger partial charge in [0, 0.05) is 19.6 Å². The first kappa shape index (κ1) is 15.8. The number of hydrogen-bond donors (Lipinski definition) is 1. The lowest BCUT2D eigenvalue weighted by atomic mass is 10.1. The highest BCUT2D eigenvalue weighted by atomic mass is 35.5. The van der Waals surface area contributed by atoms with Gasteiger partial charge in [-0.2, -0.15) is 5.26 Å². The molecule has 0 amide bonds. The van der Waals surface area contributed by atoms with Crippen molar-refractivity contribution in [3.8, 4) is 6.07 Å². The van der Waals surface area contributed by atoms with Crippen LogP contribution >= 0.6 is 11.6 Å². The quantitative estimate of drug-likeness (QED) is 0.826. The molecular weight excluding hydrogens is 258 g/mol. The Hall–Kier alpha value is -1.24. The van der Waals surface area contributed by atoms with E-state index in [2.05, 4.69) is 31.3 Å². The van der Waals surface area contributed by atoms with E-state index in [1.54, 1.807) is 0 Å². The summed E-state index contributed by atoms with van der Waals surface area (Å²) >= 11 is 6.33. The molecule has 0 fully saturated rings. The van der Waals surface area contributed by atoms with E-state index in [4.69, 9.17) is 16.9 Å². The molecule has 1 aromatic carbocycles. The fourth-order valence-corrected chi connectivity index (χ4v) is 2.25. The lowest BCUT2D eigenvalue weighted by molar-refractivity contribution is 0.571. The Morgan fingerprint density at radius 3 is 2.79 bits per heavy atom. The smallest absolute Gasteiger partial charge is 0.0642 e. The van der Waals surface area contributed by atoms with E-state index in [1.807, 2.05) is 24.1 Å². The van der Waals surface area contributed by atoms with E-state index in [0.717, 1.165) is 23.7 Å². The summed E-state index contributed by atoms with van der Waals surface area (Å²) in [6, 6.07) is 8.58. The number of nitrogens with one attached hydrogen (secondary N) is 1. The third kappa shape index (κ3) is 4.74. The second-order valence-electron chi connectivity index (χ2n) is 4.72. The van der Waals surface area contributed by atoms with E-state index in [9.17, 15) is 0 Å². The maximum Gasteiger partial charge on any atom is 0.0642 e. The summed E-state index contributed by atoms with van der Waals surface area (Å²) in [6.45, 7) is 5.99. The van der Waals surface area contributed by atoms with Crippen molar-refractivity contribution in [2.24, 2.45) is 0 Å². The largest absolute Gasteiger partial charge is 0.372 e. The molecule has 104 valence electrons. The topological polar surface area (TPSA) is 39.1 Å². The molecule has 0 saturated carbocycles. The minimum atomic E-state index is 0.302. The van der Waals surface area contributed by atoms with Gasteiger partial charge in [0.15, 0.2) is 0 Å². The molecule has 0 saturated heterocycles. The summed E-state index contributed by atoms with van der Waals surface area (Å²) in [5.41, 5.74) is 2.17. The van der Waals surface area contributed by atoms with E-state index in [-0.39, 0.29) is 0 Å². The molecule has 0 heterocycles. The van der Waals surface area contributed by atoms with Crippen molar-refractivity contribution < 1.29 is 0 Å². The minimum absolute atomic E-state index is 0.302. The summed E-state index contributed by atoms with van der Waals surface area (Å²) in [5.74, 6) is 0. The maximum atomic E-state index is 8.61. The zero-order valence-corrected chi connectivity index (χ0v) is 12.7. The Balaban J connectivity index is 2.76. The van der Waals surface area contributed by atoms with E-state index < -0.39 is 0 Å². The van der Waals surface area contributed by atoms with E-state index in [1.165, 1.54) is 5.56 Å². The standard InChI is InChI=1S/C15H22ClN3/c1-4-9-18-12(2)13-6-7-15(14(16)11-13)19(3)10-5-8-17/h6-7,11-12,18H,4-5,9-10H2,1-3H3. The van der Waals surface area contributed by atoms with Crippen LogP contribution in [-0.4, -0.2) is 20.1 Å². The van der Waals surface area contributed by atoms with Crippen molar-refractivity contribution in [1.29, 1.82) is 5.26 Å². The van der Waals surface area contributed by atoms with Gasteiger partial charge in [-0.1, -0.05) is 24.6 Å². The summed E-state index contributed by atoms with van der Waals surface area (Å²) in [5, 5.41) is 12.8. The highest BCUT2D eigenvalue weighted by molar-refractivity contribution is 6.33. The molecule has 0 aliphatic carbocycles. The Morgan fingerprint density at radius 1 is 1.47 bits per heavy atom. The van der Waals surface area contributed by atoms with Crippen LogP contribution in [0.25, 0.3) is 0 Å². The van der Waals surface area contributed by atoms with Gasteiger partial charge in [-0.15, -0.1) is 0 Å². The summed E-state index contributed by atoms with van der Waals surface area (Å²) < 4.78 is 0. The van der Waals surface area contributed by atoms with Gasteiger partial charge in [-0.3, -0.25) is 0 Å². The predicted molar refractivity (Wildman–Crippen MR) is 81.7 cm³/mol. The van der Waals surface area contributed by atoms with Crippen LogP contribution in [0.1, 0.15) is 38.3 Å². The summed E-state index contributed by atoms with van der Waals surface area (Å²) in [7, 11) is 1.96. The van der Waals surface area contributed by atoms with Crippen LogP contribution in [0.15, 0.2) is 18.2 Å². The number of anilines is 1. The first-order chi connectivity index (χ1) is 9.10. The lowest BCUT2D eigenvalue weighted by Gasteiger charge is -2.21. The highest BCUT2D eigenvalue weighted by Crippen LogP contribution is 2.28. The van der Waals surface area contributed by atoms with Crippen LogP contribution in [0.3, 0.4) is 0 Å². The van der Waals surface area contributed by atoms with E-state index in [0.29, 0.717) is 19.0 Å². The molecule has 1 N–H and O–H groups in total. The molecule has 0 aromatic heterocycles. The monoisotopic (exact) mass is 279 g/mol. The first-order valence-corrected chi connectivity index (χ1v) is 7.08. The molecule has 3 nitrogen and oxygen atoms in total. The Bertz CT molecular complexity index is 440. The van der Waals surface area contributed by atoms with Crippen LogP contribution < -0.4 is 10.2 Å². The number of halogens is 1. The van der Waals surface area contributed by atoms with Gasteiger partial charge in [0.25, 0.3) is 0 Å². The van der Waals surface area contributed by atoms with Gasteiger partial charge in [0.2, 0.25) is 0 Å². The van der Waals surface area contributed by atoms with Gasteiger partial charge in [0.1, 0.15) is 0 Å². The minimum Gasteiger partial charge on any atom is -0.372 e. The average molecular weight is 280 g/mol. The van der Waals surface area contributed by atoms with Crippen LogP contribution in [0, 0.1) is 11.3 Å². The molecule has 1 aromatic rings. The van der Waals surface area contributed by atoms with Crippen molar-refractivity contribution >= 4 is 17.3 Å². The van der Waals surface area contributed by atoms with Crippen LogP contribution in [0.5, 0.6) is 0 Å². The molecule has 1 rings (SSSR count). The number of rotatable bonds is 7. The zero-order chi connectivity index (χ0) is 14.3. The van der Waals surface area contributed by atoms with Gasteiger partial charge < -0.3 is 10.2 Å². The Labute approximate surface area is 121 Å². The van der Waals surface area contributed by atoms with Gasteiger partial charge >= 0.3 is 0 Å². The third-order valence-corrected chi connectivity index (χ3v) is 3.45. The van der Waals surface area contributed by atoms with Crippen molar-refractivity contribution in [2.75, 3.05) is 25.0 Å². The number of benzene rings is 1. The highest BCUT2D eigenvalue weighted by Gasteiger charge is 2.10. The molecule has 0 aliphatic rings. The second-order valence-corrected chi connectivity index (χ2v) is 5.12. The number of nitrogens with zero attached hydrogens (tertiary/aromatic N) is 2. The SMILES string of the molecule is CCCNC(C)c1ccc(N(C)CCC#N)c(Cl)c1. The van der Waals surface area contributed by atoms with Crippen LogP contribution in [0.4, 0.5) is 5.69 Å². The zero-order valence-electron chi connectivity index (χ0n) is 11.9. The first-order valence-electron chi connectivity index (χ1n) is 6.71. The van der Waals surface area contributed by atoms with Crippen molar-refractivity contribution in [1.82, 2.24) is 5.32 Å². The molecular formula is C15H22ClN3. The average Bonchev–Trinajstić information content (AvgIpc) is 2.41. The Morgan fingerprint density at radius 2 is 2.21 bits per heavy atom. The van der Waals surface area contributed by atoms with Crippen LogP contribution in [-0.2, 0) is 0 Å². The summed E-state index contributed by atoms with van der Waals surface area (Å²) in [4.78, 5) is 2.01. The molecule has 19 heavy (non-hydrogen) atoms. The van der Waals surface area contributed by atoms with Crippen LogP contribution in [0.2, 0.25) is 5.02 Å².